The number of ether oxygens (including phenoxy) is 1. The summed E-state index contributed by atoms with van der Waals surface area (Å²) < 4.78 is 5.19. The van der Waals surface area contributed by atoms with Gasteiger partial charge in [-0.25, -0.2) is 0 Å². The van der Waals surface area contributed by atoms with Crippen LogP contribution in [0.4, 0.5) is 0 Å². The number of hydrogen-bond acceptors (Lipinski definition) is 4. The van der Waals surface area contributed by atoms with Crippen molar-refractivity contribution in [2.24, 2.45) is 0 Å². The van der Waals surface area contributed by atoms with Crippen molar-refractivity contribution in [1.29, 1.82) is 0 Å². The summed E-state index contributed by atoms with van der Waals surface area (Å²) in [4.78, 5) is 30.4. The zero-order chi connectivity index (χ0) is 21.4. The molecule has 1 saturated carbocycles. The van der Waals surface area contributed by atoms with Crippen LogP contribution in [0.2, 0.25) is 0 Å². The highest BCUT2D eigenvalue weighted by Gasteiger charge is 2.56. The minimum atomic E-state index is -0.325. The maximum absolute atomic E-state index is 13.3. The van der Waals surface area contributed by atoms with Gasteiger partial charge in [0, 0.05) is 37.5 Å². The molecule has 1 spiro atoms. The number of carbonyl (C=O) groups is 2. The Morgan fingerprint density at radius 3 is 2.35 bits per heavy atom. The molecule has 1 atom stereocenters. The lowest BCUT2D eigenvalue weighted by Gasteiger charge is -2.45. The predicted molar refractivity (Wildman–Crippen MR) is 118 cm³/mol. The Morgan fingerprint density at radius 1 is 1.06 bits per heavy atom. The molecule has 162 valence electrons. The van der Waals surface area contributed by atoms with Gasteiger partial charge in [-0.15, -0.1) is 0 Å². The number of amides is 2. The van der Waals surface area contributed by atoms with Crippen LogP contribution in [0.3, 0.4) is 0 Å². The Morgan fingerprint density at radius 2 is 1.74 bits per heavy atom. The summed E-state index contributed by atoms with van der Waals surface area (Å²) in [5.74, 6) is 1.01. The molecule has 3 fully saturated rings. The summed E-state index contributed by atoms with van der Waals surface area (Å²) in [5, 5.41) is 3.71. The second-order valence-electron chi connectivity index (χ2n) is 8.88. The molecule has 31 heavy (non-hydrogen) atoms. The first-order valence-corrected chi connectivity index (χ1v) is 11.2. The number of rotatable bonds is 5. The molecule has 2 heterocycles. The van der Waals surface area contributed by atoms with E-state index in [1.165, 1.54) is 5.56 Å². The maximum Gasteiger partial charge on any atom is 0.253 e. The van der Waals surface area contributed by atoms with E-state index in [0.717, 1.165) is 31.4 Å². The van der Waals surface area contributed by atoms with Crippen LogP contribution >= 0.6 is 0 Å². The van der Waals surface area contributed by atoms with Crippen molar-refractivity contribution in [3.63, 3.8) is 0 Å². The third-order valence-corrected chi connectivity index (χ3v) is 6.85. The molecule has 5 rings (SSSR count). The van der Waals surface area contributed by atoms with E-state index in [4.69, 9.17) is 4.74 Å². The number of hydrogen-bond donors (Lipinski definition) is 1. The summed E-state index contributed by atoms with van der Waals surface area (Å²) in [7, 11) is 1.62. The lowest BCUT2D eigenvalue weighted by molar-refractivity contribution is -0.134. The fourth-order valence-electron chi connectivity index (χ4n) is 5.07. The number of methoxy groups -OCH3 is 1. The van der Waals surface area contributed by atoms with Crippen molar-refractivity contribution < 1.29 is 14.3 Å². The van der Waals surface area contributed by atoms with E-state index in [0.29, 0.717) is 31.1 Å². The van der Waals surface area contributed by atoms with Crippen LogP contribution in [-0.2, 0) is 11.2 Å². The Kier molecular flexibility index (Phi) is 5.18. The van der Waals surface area contributed by atoms with E-state index in [9.17, 15) is 9.59 Å². The molecule has 2 saturated heterocycles. The predicted octanol–water partition coefficient (Wildman–Crippen LogP) is 2.83. The van der Waals surface area contributed by atoms with Crippen LogP contribution in [0.5, 0.6) is 5.75 Å². The Bertz CT molecular complexity index is 948. The molecule has 1 aliphatic carbocycles. The number of likely N-dealkylation sites (tertiary alicyclic amines) is 1. The molecule has 2 aromatic rings. The minimum Gasteiger partial charge on any atom is -0.497 e. The van der Waals surface area contributed by atoms with Gasteiger partial charge < -0.3 is 14.5 Å². The molecule has 0 bridgehead atoms. The normalized spacial score (nSPS) is 22.7. The summed E-state index contributed by atoms with van der Waals surface area (Å²) in [5.41, 5.74) is 1.52. The fraction of sp³-hybridized carbons (Fsp3) is 0.440. The van der Waals surface area contributed by atoms with Crippen molar-refractivity contribution in [1.82, 2.24) is 15.1 Å². The van der Waals surface area contributed by atoms with Crippen LogP contribution in [0.1, 0.15) is 41.6 Å². The number of piperidine rings is 1. The van der Waals surface area contributed by atoms with Crippen LogP contribution < -0.4 is 10.1 Å². The quantitative estimate of drug-likeness (QED) is 0.810. The molecule has 2 amide bonds. The molecule has 0 radical (unpaired) electrons. The van der Waals surface area contributed by atoms with Crippen LogP contribution in [0, 0.1) is 0 Å². The largest absolute Gasteiger partial charge is 0.497 e. The summed E-state index contributed by atoms with van der Waals surface area (Å²) in [6.07, 6.45) is 4.41. The number of nitrogens with one attached hydrogen (secondary N) is 1. The average Bonchev–Trinajstić information content (AvgIpc) is 3.61. The summed E-state index contributed by atoms with van der Waals surface area (Å²) >= 11 is 0. The molecule has 6 heteroatoms. The van der Waals surface area contributed by atoms with Crippen LogP contribution in [0.15, 0.2) is 54.6 Å². The fourth-order valence-corrected chi connectivity index (χ4v) is 5.07. The zero-order valence-corrected chi connectivity index (χ0v) is 17.9. The Balaban J connectivity index is 1.29. The molecule has 1 N–H and O–H groups in total. The third-order valence-electron chi connectivity index (χ3n) is 6.85. The highest BCUT2D eigenvalue weighted by molar-refractivity contribution is 5.94. The highest BCUT2D eigenvalue weighted by Crippen LogP contribution is 2.41. The monoisotopic (exact) mass is 419 g/mol. The summed E-state index contributed by atoms with van der Waals surface area (Å²) in [6, 6.07) is 17.6. The first-order chi connectivity index (χ1) is 15.1. The standard InChI is InChI=1S/C25H29N3O3/c1-31-21-11-7-19(8-12-21)23(29)27-15-13-25(14-16-27)26-22(17-18-5-3-2-4-6-18)24(30)28(25)20-9-10-20/h2-8,11-12,20,22,26H,9-10,13-17H2,1H3/t22-/m0/s1. The lowest BCUT2D eigenvalue weighted by Crippen LogP contribution is -2.60. The average molecular weight is 420 g/mol. The van der Waals surface area contributed by atoms with Gasteiger partial charge in [0.25, 0.3) is 5.91 Å². The van der Waals surface area contributed by atoms with E-state index < -0.39 is 0 Å². The van der Waals surface area contributed by atoms with E-state index in [1.54, 1.807) is 7.11 Å². The van der Waals surface area contributed by atoms with Crippen LogP contribution in [0.25, 0.3) is 0 Å². The third kappa shape index (κ3) is 3.81. The zero-order valence-electron chi connectivity index (χ0n) is 17.9. The summed E-state index contributed by atoms with van der Waals surface area (Å²) in [6.45, 7) is 1.29. The van der Waals surface area contributed by atoms with Gasteiger partial charge in [0.05, 0.1) is 18.8 Å². The Labute approximate surface area is 183 Å². The van der Waals surface area contributed by atoms with E-state index >= 15 is 0 Å². The van der Waals surface area contributed by atoms with Crippen molar-refractivity contribution in [3.8, 4) is 5.75 Å². The van der Waals surface area contributed by atoms with Crippen LogP contribution in [-0.4, -0.2) is 59.6 Å². The van der Waals surface area contributed by atoms with Crippen molar-refractivity contribution >= 4 is 11.8 Å². The Hall–Kier alpha value is -2.86. The van der Waals surface area contributed by atoms with Crippen molar-refractivity contribution in [2.75, 3.05) is 20.2 Å². The molecule has 2 aliphatic heterocycles. The molecule has 0 aromatic heterocycles. The molecule has 2 aromatic carbocycles. The molecule has 6 nitrogen and oxygen atoms in total. The molecular formula is C25H29N3O3. The first kappa shape index (κ1) is 20.1. The van der Waals surface area contributed by atoms with Gasteiger partial charge in [-0.05, 0) is 49.1 Å². The van der Waals surface area contributed by atoms with Crippen molar-refractivity contribution in [2.45, 2.75) is 49.9 Å². The smallest absolute Gasteiger partial charge is 0.253 e. The first-order valence-electron chi connectivity index (χ1n) is 11.2. The van der Waals surface area contributed by atoms with Crippen molar-refractivity contribution in [3.05, 3.63) is 65.7 Å². The van der Waals surface area contributed by atoms with Gasteiger partial charge in [-0.1, -0.05) is 30.3 Å². The SMILES string of the molecule is COc1ccc(C(=O)N2CCC3(CC2)N[C@@H](Cc2ccccc2)C(=O)N3C2CC2)cc1. The second-order valence-corrected chi connectivity index (χ2v) is 8.88. The lowest BCUT2D eigenvalue weighted by atomic mass is 9.95. The van der Waals surface area contributed by atoms with Gasteiger partial charge >= 0.3 is 0 Å². The topological polar surface area (TPSA) is 61.9 Å². The van der Waals surface area contributed by atoms with E-state index in [1.807, 2.05) is 47.4 Å². The van der Waals surface area contributed by atoms with Gasteiger partial charge in [0.1, 0.15) is 5.75 Å². The second kappa shape index (κ2) is 8.00. The number of benzene rings is 2. The van der Waals surface area contributed by atoms with E-state index in [2.05, 4.69) is 22.3 Å². The number of nitrogens with zero attached hydrogens (tertiary/aromatic N) is 2. The van der Waals surface area contributed by atoms with Gasteiger partial charge in [0.2, 0.25) is 5.91 Å². The van der Waals surface area contributed by atoms with E-state index in [-0.39, 0.29) is 23.5 Å². The highest BCUT2D eigenvalue weighted by atomic mass is 16.5. The molecule has 0 unspecified atom stereocenters. The van der Waals surface area contributed by atoms with Gasteiger partial charge in [-0.2, -0.15) is 0 Å². The maximum atomic E-state index is 13.3. The minimum absolute atomic E-state index is 0.0423. The van der Waals surface area contributed by atoms with Gasteiger partial charge in [-0.3, -0.25) is 14.9 Å². The van der Waals surface area contributed by atoms with Gasteiger partial charge in [0.15, 0.2) is 0 Å². The molecule has 3 aliphatic rings. The molecular weight excluding hydrogens is 390 g/mol. The number of carbonyl (C=O) groups excluding carboxylic acids is 2.